The zero-order valence-electron chi connectivity index (χ0n) is 37.3. The van der Waals surface area contributed by atoms with Crippen molar-refractivity contribution in [2.24, 2.45) is 50.7 Å². The predicted octanol–water partition coefficient (Wildman–Crippen LogP) is -3.86. The highest BCUT2D eigenvalue weighted by Gasteiger charge is 2.35. The zero-order chi connectivity index (χ0) is 48.8. The first kappa shape index (κ1) is 52.8. The fraction of sp³-hybridized carbons (Fsp3) is 0.465. The summed E-state index contributed by atoms with van der Waals surface area (Å²) in [4.78, 5) is 117. The van der Waals surface area contributed by atoms with Crippen molar-refractivity contribution in [3.05, 3.63) is 71.8 Å². The fourth-order valence-electron chi connectivity index (χ4n) is 6.93. The molecule has 0 saturated carbocycles. The van der Waals surface area contributed by atoms with Gasteiger partial charge in [0.2, 0.25) is 47.3 Å². The summed E-state index contributed by atoms with van der Waals surface area (Å²) in [5.74, 6) is -8.55. The molecule has 23 heteroatoms. The standard InChI is InChI=1S/C43H63N15O8/c1-24(19-52-42(45)46)16-30-39(64)54-26(3)37(62)49-21-33(59)56-32(18-28-12-8-5-9-13-28)40(65)57-31(17-27-10-6-4-7-11-27)38(63)50-23-35(61)58-36(41(66)51-22-34(60)55-30)29(14-15-44)25(2)20-53-43(47)48/h4-13,15,24-26,29-32,36,44H,14,16-23H2,1-3H3,(H,49,62)(H,50,63)(H,51,66)(H,54,64)(H,55,60)(H,56,59)(H,57,65)(H,58,61)(H4,45,46,52)(H4,47,48,53)/t24?,25?,26-,29?,30+,31-,32+,36+/m0/s1. The van der Waals surface area contributed by atoms with Crippen molar-refractivity contribution in [3.8, 4) is 0 Å². The number of amides is 8. The topological polar surface area (TPSA) is 385 Å². The van der Waals surface area contributed by atoms with Crippen molar-refractivity contribution in [2.45, 2.75) is 76.7 Å². The first-order valence-corrected chi connectivity index (χ1v) is 21.4. The van der Waals surface area contributed by atoms with E-state index in [1.54, 1.807) is 74.5 Å². The molecule has 358 valence electrons. The Labute approximate surface area is 382 Å². The van der Waals surface area contributed by atoms with Crippen LogP contribution in [0.3, 0.4) is 0 Å². The molecule has 1 aliphatic rings. The van der Waals surface area contributed by atoms with Crippen LogP contribution in [0.5, 0.6) is 0 Å². The van der Waals surface area contributed by atoms with Crippen LogP contribution < -0.4 is 65.5 Å². The molecule has 8 atom stereocenters. The maximum atomic E-state index is 14.1. The van der Waals surface area contributed by atoms with Gasteiger partial charge in [0.1, 0.15) is 30.2 Å². The minimum Gasteiger partial charge on any atom is -0.370 e. The number of rotatable bonds is 14. The monoisotopic (exact) mass is 917 g/mol. The van der Waals surface area contributed by atoms with Crippen molar-refractivity contribution >= 4 is 65.4 Å². The molecule has 2 aromatic carbocycles. The quantitative estimate of drug-likeness (QED) is 0.0640. The van der Waals surface area contributed by atoms with Gasteiger partial charge in [0.05, 0.1) is 19.6 Å². The molecule has 0 bridgehead atoms. The summed E-state index contributed by atoms with van der Waals surface area (Å²) in [6.45, 7) is 2.86. The van der Waals surface area contributed by atoms with E-state index in [4.69, 9.17) is 28.3 Å². The molecule has 0 radical (unpaired) electrons. The summed E-state index contributed by atoms with van der Waals surface area (Å²) in [5, 5.41) is 28.3. The van der Waals surface area contributed by atoms with Crippen LogP contribution in [-0.4, -0.2) is 128 Å². The van der Waals surface area contributed by atoms with Gasteiger partial charge in [-0.15, -0.1) is 0 Å². The van der Waals surface area contributed by atoms with Gasteiger partial charge >= 0.3 is 0 Å². The Bertz CT molecular complexity index is 2060. The Hall–Kier alpha value is -7.59. The molecule has 0 aliphatic carbocycles. The van der Waals surface area contributed by atoms with Crippen LogP contribution in [0.4, 0.5) is 0 Å². The maximum absolute atomic E-state index is 14.1. The molecule has 23 nitrogen and oxygen atoms in total. The van der Waals surface area contributed by atoms with Crippen LogP contribution in [0, 0.1) is 23.2 Å². The van der Waals surface area contributed by atoms with Crippen LogP contribution in [0.1, 0.15) is 44.7 Å². The van der Waals surface area contributed by atoms with E-state index in [1.807, 2.05) is 0 Å². The predicted molar refractivity (Wildman–Crippen MR) is 246 cm³/mol. The number of nitrogens with two attached hydrogens (primary N) is 4. The van der Waals surface area contributed by atoms with Gasteiger partial charge in [0.25, 0.3) is 0 Å². The number of carbonyl (C=O) groups is 8. The molecule has 66 heavy (non-hydrogen) atoms. The third-order valence-corrected chi connectivity index (χ3v) is 10.5. The molecule has 0 aromatic heterocycles. The second kappa shape index (κ2) is 26.9. The highest BCUT2D eigenvalue weighted by molar-refractivity contribution is 5.97. The third-order valence-electron chi connectivity index (χ3n) is 10.5. The van der Waals surface area contributed by atoms with E-state index < -0.39 is 109 Å². The van der Waals surface area contributed by atoms with Crippen LogP contribution >= 0.6 is 0 Å². The molecule has 1 heterocycles. The van der Waals surface area contributed by atoms with E-state index in [0.29, 0.717) is 11.1 Å². The van der Waals surface area contributed by atoms with Gasteiger partial charge in [-0.05, 0) is 54.9 Å². The molecule has 3 unspecified atom stereocenters. The van der Waals surface area contributed by atoms with Gasteiger partial charge in [-0.2, -0.15) is 0 Å². The number of nitrogens with zero attached hydrogens (tertiary/aromatic N) is 2. The summed E-state index contributed by atoms with van der Waals surface area (Å²) < 4.78 is 0. The van der Waals surface area contributed by atoms with Crippen LogP contribution in [-0.2, 0) is 51.2 Å². The Kier molecular flexibility index (Phi) is 21.5. The lowest BCUT2D eigenvalue weighted by molar-refractivity contribution is -0.134. The Balaban J connectivity index is 2.05. The summed E-state index contributed by atoms with van der Waals surface area (Å²) >= 11 is 0. The molecule has 1 aliphatic heterocycles. The summed E-state index contributed by atoms with van der Waals surface area (Å²) in [6, 6.07) is 11.0. The van der Waals surface area contributed by atoms with E-state index in [2.05, 4.69) is 52.5 Å². The lowest BCUT2D eigenvalue weighted by Crippen LogP contribution is -2.59. The minimum absolute atomic E-state index is 0.00439. The smallest absolute Gasteiger partial charge is 0.243 e. The first-order chi connectivity index (χ1) is 31.4. The van der Waals surface area contributed by atoms with Gasteiger partial charge in [-0.1, -0.05) is 74.5 Å². The molecule has 1 fully saturated rings. The minimum atomic E-state index is -1.42. The fourth-order valence-corrected chi connectivity index (χ4v) is 6.93. The van der Waals surface area contributed by atoms with Gasteiger partial charge in [-0.3, -0.25) is 48.3 Å². The Morgan fingerprint density at radius 3 is 1.59 bits per heavy atom. The molecular weight excluding hydrogens is 855 g/mol. The van der Waals surface area contributed by atoms with Crippen molar-refractivity contribution in [3.63, 3.8) is 0 Å². The van der Waals surface area contributed by atoms with Crippen molar-refractivity contribution in [1.29, 1.82) is 5.41 Å². The maximum Gasteiger partial charge on any atom is 0.243 e. The van der Waals surface area contributed by atoms with Crippen LogP contribution in [0.15, 0.2) is 70.6 Å². The number of carbonyl (C=O) groups excluding carboxylic acids is 8. The molecule has 8 amide bonds. The Morgan fingerprint density at radius 2 is 1.06 bits per heavy atom. The van der Waals surface area contributed by atoms with Crippen molar-refractivity contribution in [1.82, 2.24) is 42.5 Å². The molecule has 17 N–H and O–H groups in total. The third kappa shape index (κ3) is 18.6. The number of hydrogen-bond donors (Lipinski definition) is 13. The highest BCUT2D eigenvalue weighted by atomic mass is 16.2. The van der Waals surface area contributed by atoms with Crippen LogP contribution in [0.25, 0.3) is 0 Å². The van der Waals surface area contributed by atoms with Crippen molar-refractivity contribution in [2.75, 3.05) is 32.7 Å². The number of guanidine groups is 2. The summed E-state index contributed by atoms with van der Waals surface area (Å²) in [6.07, 6.45) is 0.918. The van der Waals surface area contributed by atoms with E-state index in [0.717, 1.165) is 6.21 Å². The van der Waals surface area contributed by atoms with Gasteiger partial charge in [0, 0.05) is 25.9 Å². The SMILES string of the molecule is CC(CN=C(N)N)C[C@H]1NC(=O)CNC(=O)[C@@H](C(CC=N)C(C)CN=C(N)N)NC(=O)CNC(=O)[C@H](Cc2ccccc2)NC(=O)[C@@H](Cc2ccccc2)NC(=O)CNC(=O)[C@H](C)NC1=O. The van der Waals surface area contributed by atoms with Crippen LogP contribution in [0.2, 0.25) is 0 Å². The Morgan fingerprint density at radius 1 is 0.606 bits per heavy atom. The van der Waals surface area contributed by atoms with Gasteiger partial charge in [-0.25, -0.2) is 0 Å². The van der Waals surface area contributed by atoms with Crippen molar-refractivity contribution < 1.29 is 38.4 Å². The number of hydrogen-bond acceptors (Lipinski definition) is 11. The lowest BCUT2D eigenvalue weighted by atomic mass is 9.84. The lowest BCUT2D eigenvalue weighted by Gasteiger charge is -2.30. The first-order valence-electron chi connectivity index (χ1n) is 21.4. The average Bonchev–Trinajstić information content (AvgIpc) is 3.28. The van der Waals surface area contributed by atoms with E-state index in [-0.39, 0.29) is 56.6 Å². The van der Waals surface area contributed by atoms with Gasteiger partial charge in [0.15, 0.2) is 11.9 Å². The molecule has 2 aromatic rings. The largest absolute Gasteiger partial charge is 0.370 e. The normalized spacial score (nSPS) is 22.3. The molecule has 0 spiro atoms. The molecule has 3 rings (SSSR count). The van der Waals surface area contributed by atoms with E-state index in [1.165, 1.54) is 6.92 Å². The van der Waals surface area contributed by atoms with E-state index >= 15 is 0 Å². The summed E-state index contributed by atoms with van der Waals surface area (Å²) in [7, 11) is 0. The average molecular weight is 918 g/mol. The summed E-state index contributed by atoms with van der Waals surface area (Å²) in [5.41, 5.74) is 23.4. The second-order valence-electron chi connectivity index (χ2n) is 16.1. The number of aliphatic imine (C=N–C) groups is 2. The van der Waals surface area contributed by atoms with Gasteiger partial charge < -0.3 is 70.9 Å². The number of benzene rings is 2. The highest BCUT2D eigenvalue weighted by Crippen LogP contribution is 2.21. The molecular formula is C43H63N15O8. The number of nitrogens with one attached hydrogen (secondary N) is 9. The van der Waals surface area contributed by atoms with E-state index in [9.17, 15) is 38.4 Å². The second-order valence-corrected chi connectivity index (χ2v) is 16.1. The zero-order valence-corrected chi connectivity index (χ0v) is 37.3. The molecule has 1 saturated heterocycles.